The number of rotatable bonds is 40. The molecule has 11 heteroatoms. The van der Waals surface area contributed by atoms with Crippen molar-refractivity contribution in [3.8, 4) is 0 Å². The zero-order chi connectivity index (χ0) is 42.8. The molecule has 1 aliphatic heterocycles. The van der Waals surface area contributed by atoms with Crippen LogP contribution in [0.4, 0.5) is 0 Å². The summed E-state index contributed by atoms with van der Waals surface area (Å²) in [4.78, 5) is 13.1. The molecule has 0 aliphatic carbocycles. The zero-order valence-electron chi connectivity index (χ0n) is 37.5. The number of aliphatic hydroxyl groups excluding tert-OH is 7. The van der Waals surface area contributed by atoms with E-state index in [0.29, 0.717) is 19.3 Å². The molecule has 58 heavy (non-hydrogen) atoms. The van der Waals surface area contributed by atoms with E-state index in [1.54, 1.807) is 0 Å². The van der Waals surface area contributed by atoms with E-state index in [1.165, 1.54) is 135 Å². The summed E-state index contributed by atoms with van der Waals surface area (Å²) < 4.78 is 11.1. The number of nitrogens with one attached hydrogen (secondary N) is 1. The molecule has 8 N–H and O–H groups in total. The lowest BCUT2D eigenvalue weighted by atomic mass is 9.98. The molecular weight excluding hydrogens is 739 g/mol. The first-order valence-electron chi connectivity index (χ1n) is 24.3. The van der Waals surface area contributed by atoms with Gasteiger partial charge in [-0.2, -0.15) is 0 Å². The Hall–Kier alpha value is -0.890. The molecule has 1 saturated heterocycles. The van der Waals surface area contributed by atoms with Crippen LogP contribution < -0.4 is 5.32 Å². The maximum absolute atomic E-state index is 13.1. The molecule has 11 nitrogen and oxygen atoms in total. The van der Waals surface area contributed by atoms with Gasteiger partial charge in [0.1, 0.15) is 36.6 Å². The Kier molecular flexibility index (Phi) is 34.9. The summed E-state index contributed by atoms with van der Waals surface area (Å²) in [6.07, 6.45) is 24.3. The first kappa shape index (κ1) is 55.1. The molecule has 0 saturated carbocycles. The molecule has 1 fully saturated rings. The van der Waals surface area contributed by atoms with Crippen molar-refractivity contribution in [2.45, 2.75) is 275 Å². The number of unbranched alkanes of at least 4 members (excludes halogenated alkanes) is 25. The normalized spacial score (nSPS) is 22.4. The third-order valence-electron chi connectivity index (χ3n) is 12.5. The van der Waals surface area contributed by atoms with Crippen LogP contribution in [0, 0.1) is 5.92 Å². The summed E-state index contributed by atoms with van der Waals surface area (Å²) in [7, 11) is 0. The van der Waals surface area contributed by atoms with Crippen LogP contribution in [-0.2, 0) is 14.3 Å². The number of ether oxygens (including phenoxy) is 2. The lowest BCUT2D eigenvalue weighted by Gasteiger charge is -2.40. The van der Waals surface area contributed by atoms with E-state index in [2.05, 4.69) is 26.1 Å². The topological polar surface area (TPSA) is 189 Å². The largest absolute Gasteiger partial charge is 0.394 e. The van der Waals surface area contributed by atoms with E-state index in [4.69, 9.17) is 9.47 Å². The van der Waals surface area contributed by atoms with Crippen molar-refractivity contribution >= 4 is 5.91 Å². The molecule has 1 unspecified atom stereocenters. The molecule has 1 heterocycles. The first-order valence-corrected chi connectivity index (χ1v) is 24.3. The van der Waals surface area contributed by atoms with Crippen LogP contribution in [0.2, 0.25) is 0 Å². The lowest BCUT2D eigenvalue weighted by Crippen LogP contribution is -2.60. The van der Waals surface area contributed by atoms with Gasteiger partial charge in [-0.1, -0.05) is 207 Å². The molecule has 346 valence electrons. The summed E-state index contributed by atoms with van der Waals surface area (Å²) >= 11 is 0. The average Bonchev–Trinajstić information content (AvgIpc) is 3.22. The van der Waals surface area contributed by atoms with Gasteiger partial charge in [-0.25, -0.2) is 0 Å². The molecule has 0 aromatic carbocycles. The fourth-order valence-electron chi connectivity index (χ4n) is 8.01. The van der Waals surface area contributed by atoms with Crippen molar-refractivity contribution in [3.05, 3.63) is 0 Å². The summed E-state index contributed by atoms with van der Waals surface area (Å²) in [5.74, 6) is 0.121. The Morgan fingerprint density at radius 2 is 1.00 bits per heavy atom. The van der Waals surface area contributed by atoms with Crippen LogP contribution in [0.1, 0.15) is 220 Å². The van der Waals surface area contributed by atoms with Gasteiger partial charge in [0.05, 0.1) is 25.4 Å². The van der Waals surface area contributed by atoms with Crippen molar-refractivity contribution in [1.29, 1.82) is 0 Å². The van der Waals surface area contributed by atoms with Crippen molar-refractivity contribution in [3.63, 3.8) is 0 Å². The Balaban J connectivity index is 2.41. The third-order valence-corrected chi connectivity index (χ3v) is 12.5. The zero-order valence-corrected chi connectivity index (χ0v) is 37.5. The molecule has 1 aliphatic rings. The van der Waals surface area contributed by atoms with Crippen molar-refractivity contribution in [2.24, 2.45) is 5.92 Å². The summed E-state index contributed by atoms with van der Waals surface area (Å²) in [6, 6.07) is -1.16. The quantitative estimate of drug-likeness (QED) is 0.0280. The minimum Gasteiger partial charge on any atom is -0.394 e. The van der Waals surface area contributed by atoms with E-state index in [0.717, 1.165) is 44.4 Å². The molecular formula is C47H93NO10. The van der Waals surface area contributed by atoms with Crippen LogP contribution in [0.3, 0.4) is 0 Å². The number of hydrogen-bond acceptors (Lipinski definition) is 10. The number of aliphatic hydroxyl groups is 7. The summed E-state index contributed by atoms with van der Waals surface area (Å²) in [6.45, 7) is 5.78. The molecule has 10 atom stereocenters. The van der Waals surface area contributed by atoms with E-state index in [1.807, 2.05) is 0 Å². The van der Waals surface area contributed by atoms with Crippen LogP contribution >= 0.6 is 0 Å². The van der Waals surface area contributed by atoms with Gasteiger partial charge >= 0.3 is 0 Å². The minimum atomic E-state index is -1.66. The highest BCUT2D eigenvalue weighted by molar-refractivity contribution is 5.80. The highest BCUT2D eigenvalue weighted by Gasteiger charge is 2.44. The Bertz CT molecular complexity index is 928. The Labute approximate surface area is 354 Å². The fourth-order valence-corrected chi connectivity index (χ4v) is 8.01. The third kappa shape index (κ3) is 26.4. The lowest BCUT2D eigenvalue weighted by molar-refractivity contribution is -0.303. The Morgan fingerprint density at radius 1 is 0.586 bits per heavy atom. The maximum atomic E-state index is 13.1. The smallest absolute Gasteiger partial charge is 0.249 e. The molecule has 1 rings (SSSR count). The molecule has 0 aromatic rings. The number of amides is 1. The van der Waals surface area contributed by atoms with Gasteiger partial charge in [-0.15, -0.1) is 0 Å². The SMILES string of the molecule is CCCCCCCCCCCCCCCCCCCC[C@@H](O)C(=O)N[C@@H](CO[C@@H]1O[C@H](CO)[C@@H](O)[C@H](O)[C@H]1O)[C@H](O)[C@H](O)CCCCCCCCCCCC(C)CC. The van der Waals surface area contributed by atoms with E-state index in [9.17, 15) is 40.5 Å². The standard InChI is InChI=1S/C47H93NO10/c1-4-6-7-8-9-10-11-12-13-14-15-16-17-18-21-25-28-31-34-40(51)46(56)48-38(36-57-47-45(55)44(54)43(53)41(35-49)58-47)42(52)39(50)33-30-27-24-22-19-20-23-26-29-32-37(3)5-2/h37-45,47,49-55H,4-36H2,1-3H3,(H,48,56)/t37?,38-,39+,40+,41+,42-,43+,44-,45+,47+/m0/s1. The van der Waals surface area contributed by atoms with Crippen molar-refractivity contribution in [1.82, 2.24) is 5.32 Å². The van der Waals surface area contributed by atoms with Crippen LogP contribution in [0.25, 0.3) is 0 Å². The summed E-state index contributed by atoms with van der Waals surface area (Å²) in [5.41, 5.74) is 0. The van der Waals surface area contributed by atoms with Gasteiger partial charge < -0.3 is 50.5 Å². The van der Waals surface area contributed by atoms with Gasteiger partial charge in [0.2, 0.25) is 5.91 Å². The summed E-state index contributed by atoms with van der Waals surface area (Å²) in [5, 5.41) is 75.7. The van der Waals surface area contributed by atoms with E-state index in [-0.39, 0.29) is 6.42 Å². The second-order valence-electron chi connectivity index (χ2n) is 17.8. The van der Waals surface area contributed by atoms with Gasteiger partial charge in [0.25, 0.3) is 0 Å². The Morgan fingerprint density at radius 3 is 1.43 bits per heavy atom. The van der Waals surface area contributed by atoms with Crippen molar-refractivity contribution in [2.75, 3.05) is 13.2 Å². The molecule has 1 amide bonds. The van der Waals surface area contributed by atoms with Gasteiger partial charge in [0, 0.05) is 0 Å². The first-order chi connectivity index (χ1) is 28.1. The van der Waals surface area contributed by atoms with E-state index < -0.39 is 74.2 Å². The predicted octanol–water partition coefficient (Wildman–Crippen LogP) is 8.14. The second kappa shape index (κ2) is 36.7. The molecule has 0 spiro atoms. The van der Waals surface area contributed by atoms with Crippen LogP contribution in [0.5, 0.6) is 0 Å². The minimum absolute atomic E-state index is 0.265. The van der Waals surface area contributed by atoms with Gasteiger partial charge in [-0.05, 0) is 18.8 Å². The number of hydrogen-bond donors (Lipinski definition) is 8. The predicted molar refractivity (Wildman–Crippen MR) is 233 cm³/mol. The number of carbonyl (C=O) groups excluding carboxylic acids is 1. The molecule has 0 aromatic heterocycles. The number of carbonyl (C=O) groups is 1. The maximum Gasteiger partial charge on any atom is 0.249 e. The molecule has 0 radical (unpaired) electrons. The highest BCUT2D eigenvalue weighted by Crippen LogP contribution is 2.23. The average molecular weight is 832 g/mol. The van der Waals surface area contributed by atoms with Crippen LogP contribution in [-0.4, -0.2) is 110 Å². The highest BCUT2D eigenvalue weighted by atomic mass is 16.7. The monoisotopic (exact) mass is 832 g/mol. The van der Waals surface area contributed by atoms with E-state index >= 15 is 0 Å². The van der Waals surface area contributed by atoms with Crippen molar-refractivity contribution < 1.29 is 50.0 Å². The van der Waals surface area contributed by atoms with Crippen LogP contribution in [0.15, 0.2) is 0 Å². The fraction of sp³-hybridized carbons (Fsp3) is 0.979. The van der Waals surface area contributed by atoms with Gasteiger partial charge in [0.15, 0.2) is 6.29 Å². The molecule has 0 bridgehead atoms. The second-order valence-corrected chi connectivity index (χ2v) is 17.8. The van der Waals surface area contributed by atoms with Gasteiger partial charge in [-0.3, -0.25) is 4.79 Å².